The molecule has 0 saturated carbocycles. The van der Waals surface area contributed by atoms with E-state index in [2.05, 4.69) is 4.74 Å². The number of aliphatic hydroxyl groups excluding tert-OH is 1. The zero-order chi connectivity index (χ0) is 14.4. The first-order valence-electron chi connectivity index (χ1n) is 5.45. The largest absolute Gasteiger partial charge is 0.507 e. The molecule has 0 radical (unpaired) electrons. The molecule has 1 aromatic carbocycles. The van der Waals surface area contributed by atoms with Gasteiger partial charge in [-0.2, -0.15) is 0 Å². The zero-order valence-electron chi connectivity index (χ0n) is 10.5. The van der Waals surface area contributed by atoms with Crippen molar-refractivity contribution in [2.24, 2.45) is 0 Å². The minimum atomic E-state index is -1.03. The molecule has 6 heteroatoms. The summed E-state index contributed by atoms with van der Waals surface area (Å²) < 4.78 is 4.27. The van der Waals surface area contributed by atoms with Crippen molar-refractivity contribution in [3.63, 3.8) is 0 Å². The second-order valence-corrected chi connectivity index (χ2v) is 5.20. The molecule has 4 nitrogen and oxygen atoms in total. The molecular weight excluding hydrogens is 288 g/mol. The monoisotopic (exact) mass is 300 g/mol. The lowest BCUT2D eigenvalue weighted by atomic mass is 10.1. The van der Waals surface area contributed by atoms with Gasteiger partial charge in [0.25, 0.3) is 5.78 Å². The van der Waals surface area contributed by atoms with Crippen molar-refractivity contribution in [3.8, 4) is 0 Å². The van der Waals surface area contributed by atoms with E-state index >= 15 is 0 Å². The van der Waals surface area contributed by atoms with Crippen LogP contribution in [0.1, 0.15) is 12.5 Å². The lowest BCUT2D eigenvalue weighted by Crippen LogP contribution is -2.13. The van der Waals surface area contributed by atoms with E-state index in [-0.39, 0.29) is 5.76 Å². The molecule has 1 aromatic rings. The normalized spacial score (nSPS) is 11.2. The van der Waals surface area contributed by atoms with Gasteiger partial charge in [0.05, 0.1) is 7.11 Å². The second-order valence-electron chi connectivity index (χ2n) is 3.46. The molecule has 0 unspecified atom stereocenters. The number of esters is 1. The third-order valence-corrected chi connectivity index (χ3v) is 3.36. The first kappa shape index (κ1) is 15.6. The Morgan fingerprint density at radius 1 is 1.47 bits per heavy atom. The number of aliphatic hydroxyl groups is 1. The van der Waals surface area contributed by atoms with E-state index in [1.807, 2.05) is 6.92 Å². The maximum absolute atomic E-state index is 11.4. The topological polar surface area (TPSA) is 63.6 Å². The molecule has 0 aromatic heterocycles. The number of carbonyl (C=O) groups excluding carboxylic acids is 2. The SMILES string of the molecule is CCSc1ccc(Cl)cc1/C(O)=C/C(=O)C(=O)OC. The fourth-order valence-electron chi connectivity index (χ4n) is 1.35. The maximum atomic E-state index is 11.4. The molecule has 0 amide bonds. The molecule has 0 aliphatic heterocycles. The number of halogens is 1. The Bertz CT molecular complexity index is 525. The Morgan fingerprint density at radius 2 is 2.16 bits per heavy atom. The van der Waals surface area contributed by atoms with Gasteiger partial charge in [-0.15, -0.1) is 11.8 Å². The number of benzene rings is 1. The van der Waals surface area contributed by atoms with Crippen LogP contribution in [0.3, 0.4) is 0 Å². The number of hydrogen-bond acceptors (Lipinski definition) is 5. The van der Waals surface area contributed by atoms with Gasteiger partial charge >= 0.3 is 5.97 Å². The van der Waals surface area contributed by atoms with Crippen LogP contribution in [0.15, 0.2) is 29.2 Å². The van der Waals surface area contributed by atoms with Crippen molar-refractivity contribution in [3.05, 3.63) is 34.9 Å². The highest BCUT2D eigenvalue weighted by Gasteiger charge is 2.15. The smallest absolute Gasteiger partial charge is 0.378 e. The van der Waals surface area contributed by atoms with Crippen LogP contribution in [-0.2, 0) is 14.3 Å². The number of ketones is 1. The highest BCUT2D eigenvalue weighted by Crippen LogP contribution is 2.29. The molecule has 0 spiro atoms. The van der Waals surface area contributed by atoms with E-state index in [1.165, 1.54) is 17.8 Å². The van der Waals surface area contributed by atoms with Gasteiger partial charge < -0.3 is 9.84 Å². The molecule has 19 heavy (non-hydrogen) atoms. The van der Waals surface area contributed by atoms with Gasteiger partial charge in [-0.1, -0.05) is 18.5 Å². The van der Waals surface area contributed by atoms with Crippen LogP contribution in [0.5, 0.6) is 0 Å². The van der Waals surface area contributed by atoms with E-state index in [0.29, 0.717) is 10.6 Å². The lowest BCUT2D eigenvalue weighted by Gasteiger charge is -2.08. The fourth-order valence-corrected chi connectivity index (χ4v) is 2.31. The van der Waals surface area contributed by atoms with E-state index in [1.54, 1.807) is 12.1 Å². The van der Waals surface area contributed by atoms with Crippen LogP contribution in [0.25, 0.3) is 5.76 Å². The molecule has 1 rings (SSSR count). The molecule has 0 saturated heterocycles. The van der Waals surface area contributed by atoms with Crippen LogP contribution in [0.4, 0.5) is 0 Å². The third kappa shape index (κ3) is 4.29. The molecule has 102 valence electrons. The van der Waals surface area contributed by atoms with Gasteiger partial charge in [-0.05, 0) is 24.0 Å². The molecular formula is C13H13ClO4S. The molecule has 0 heterocycles. The highest BCUT2D eigenvalue weighted by molar-refractivity contribution is 7.99. The van der Waals surface area contributed by atoms with Crippen LogP contribution in [-0.4, -0.2) is 29.7 Å². The molecule has 1 N–H and O–H groups in total. The Kier molecular flexibility index (Phi) is 5.92. The quantitative estimate of drug-likeness (QED) is 0.298. The average Bonchev–Trinajstić information content (AvgIpc) is 2.39. The summed E-state index contributed by atoms with van der Waals surface area (Å²) in [5.74, 6) is -1.47. The van der Waals surface area contributed by atoms with Gasteiger partial charge in [0.2, 0.25) is 0 Å². The predicted octanol–water partition coefficient (Wildman–Crippen LogP) is 3.09. The summed E-state index contributed by atoms with van der Waals surface area (Å²) in [6.45, 7) is 1.96. The Balaban J connectivity index is 3.13. The average molecular weight is 301 g/mol. The summed E-state index contributed by atoms with van der Waals surface area (Å²) in [7, 11) is 1.10. The first-order valence-corrected chi connectivity index (χ1v) is 6.81. The Morgan fingerprint density at radius 3 is 2.74 bits per heavy atom. The van der Waals surface area contributed by atoms with Crippen molar-refractivity contribution >= 4 is 40.9 Å². The number of methoxy groups -OCH3 is 1. The number of ether oxygens (including phenoxy) is 1. The number of hydrogen-bond donors (Lipinski definition) is 1. The first-order chi connectivity index (χ1) is 8.99. The van der Waals surface area contributed by atoms with Gasteiger partial charge in [-0.3, -0.25) is 4.79 Å². The van der Waals surface area contributed by atoms with Crippen molar-refractivity contribution in [2.75, 3.05) is 12.9 Å². The van der Waals surface area contributed by atoms with E-state index in [4.69, 9.17) is 11.6 Å². The van der Waals surface area contributed by atoms with Crippen molar-refractivity contribution < 1.29 is 19.4 Å². The summed E-state index contributed by atoms with van der Waals surface area (Å²) in [5.41, 5.74) is 0.414. The minimum Gasteiger partial charge on any atom is -0.507 e. The lowest BCUT2D eigenvalue weighted by molar-refractivity contribution is -0.149. The van der Waals surface area contributed by atoms with E-state index in [9.17, 15) is 14.7 Å². The molecule has 0 aliphatic carbocycles. The van der Waals surface area contributed by atoms with Gasteiger partial charge in [-0.25, -0.2) is 4.79 Å². The Hall–Kier alpha value is -1.46. The summed E-state index contributed by atoms with van der Waals surface area (Å²) in [6.07, 6.45) is 0.831. The zero-order valence-corrected chi connectivity index (χ0v) is 12.0. The van der Waals surface area contributed by atoms with Crippen molar-refractivity contribution in [1.29, 1.82) is 0 Å². The Labute approximate surface area is 120 Å². The molecule has 0 bridgehead atoms. The van der Waals surface area contributed by atoms with Gasteiger partial charge in [0, 0.05) is 21.6 Å². The van der Waals surface area contributed by atoms with Crippen molar-refractivity contribution in [2.45, 2.75) is 11.8 Å². The predicted molar refractivity (Wildman–Crippen MR) is 75.5 cm³/mol. The summed E-state index contributed by atoms with van der Waals surface area (Å²) >= 11 is 7.36. The van der Waals surface area contributed by atoms with Crippen LogP contribution >= 0.6 is 23.4 Å². The summed E-state index contributed by atoms with van der Waals surface area (Å²) in [4.78, 5) is 23.1. The van der Waals surface area contributed by atoms with E-state index in [0.717, 1.165) is 23.8 Å². The van der Waals surface area contributed by atoms with Crippen LogP contribution in [0, 0.1) is 0 Å². The van der Waals surface area contributed by atoms with Crippen LogP contribution < -0.4 is 0 Å². The van der Waals surface area contributed by atoms with Gasteiger partial charge in [0.15, 0.2) is 0 Å². The van der Waals surface area contributed by atoms with Gasteiger partial charge in [0.1, 0.15) is 5.76 Å². The van der Waals surface area contributed by atoms with Crippen molar-refractivity contribution in [1.82, 2.24) is 0 Å². The minimum absolute atomic E-state index is 0.311. The highest BCUT2D eigenvalue weighted by atomic mass is 35.5. The van der Waals surface area contributed by atoms with E-state index < -0.39 is 11.8 Å². The summed E-state index contributed by atoms with van der Waals surface area (Å²) in [5, 5.41) is 10.4. The number of rotatable bonds is 5. The third-order valence-electron chi connectivity index (χ3n) is 2.17. The molecule has 0 atom stereocenters. The second kappa shape index (κ2) is 7.21. The molecule has 0 fully saturated rings. The number of thioether (sulfide) groups is 1. The standard InChI is InChI=1S/C13H13ClO4S/c1-3-19-12-5-4-8(14)6-9(12)10(15)7-11(16)13(17)18-2/h4-7,15H,3H2,1-2H3/b10-7-. The number of carbonyl (C=O) groups is 2. The summed E-state index contributed by atoms with van der Waals surface area (Å²) in [6, 6.07) is 4.98. The maximum Gasteiger partial charge on any atom is 0.378 e. The molecule has 0 aliphatic rings. The van der Waals surface area contributed by atoms with Crippen LogP contribution in [0.2, 0.25) is 5.02 Å². The fraction of sp³-hybridized carbons (Fsp3) is 0.231.